The van der Waals surface area contributed by atoms with Gasteiger partial charge in [-0.3, -0.25) is 4.57 Å². The maximum atomic E-state index is 12.7. The zero-order valence-electron chi connectivity index (χ0n) is 23.7. The number of fused-ring (bicyclic) bond motifs is 1. The fourth-order valence-electron chi connectivity index (χ4n) is 3.80. The zero-order chi connectivity index (χ0) is 29.6. The molecule has 2 heterocycles. The van der Waals surface area contributed by atoms with Gasteiger partial charge in [0.25, 0.3) is 8.32 Å². The van der Waals surface area contributed by atoms with Gasteiger partial charge in [-0.2, -0.15) is 0 Å². The summed E-state index contributed by atoms with van der Waals surface area (Å²) in [5.74, 6) is 0.361. The number of imidazole rings is 1. The molecule has 1 atom stereocenters. The number of carbonyl (C=O) groups excluding carboxylic acids is 1. The minimum absolute atomic E-state index is 0.00346. The number of nitrogens with zero attached hydrogens (tertiary/aromatic N) is 2. The number of methoxy groups -OCH3 is 1. The predicted octanol–water partition coefficient (Wildman–Crippen LogP) is 7.45. The van der Waals surface area contributed by atoms with E-state index in [4.69, 9.17) is 25.5 Å². The van der Waals surface area contributed by atoms with Crippen LogP contribution in [0, 0.1) is 0 Å². The van der Waals surface area contributed by atoms with Crippen molar-refractivity contribution in [3.63, 3.8) is 0 Å². The molecule has 0 saturated heterocycles. The van der Waals surface area contributed by atoms with Crippen molar-refractivity contribution in [2.24, 2.45) is 0 Å². The van der Waals surface area contributed by atoms with Gasteiger partial charge in [-0.15, -0.1) is 11.3 Å². The normalized spacial score (nSPS) is 13.3. The number of benzene rings is 2. The second-order valence-corrected chi connectivity index (χ2v) is 19.2. The van der Waals surface area contributed by atoms with E-state index in [0.717, 1.165) is 17.6 Å². The molecule has 0 amide bonds. The molecule has 214 valence electrons. The summed E-state index contributed by atoms with van der Waals surface area (Å²) in [6.45, 7) is 12.7. The van der Waals surface area contributed by atoms with Crippen LogP contribution in [0.2, 0.25) is 23.2 Å². The highest BCUT2D eigenvalue weighted by Gasteiger charge is 2.39. The first-order chi connectivity index (χ1) is 18.5. The first-order valence-electron chi connectivity index (χ1n) is 12.6. The van der Waals surface area contributed by atoms with Crippen LogP contribution in [0.3, 0.4) is 0 Å². The van der Waals surface area contributed by atoms with Gasteiger partial charge in [-0.1, -0.05) is 44.5 Å². The number of rotatable bonds is 8. The lowest BCUT2D eigenvalue weighted by Gasteiger charge is -2.37. The molecule has 0 spiro atoms. The minimum Gasteiger partial charge on any atom is -0.542 e. The molecule has 0 aliphatic rings. The number of sulfone groups is 1. The Morgan fingerprint density at radius 3 is 2.45 bits per heavy atom. The van der Waals surface area contributed by atoms with E-state index in [0.29, 0.717) is 38.1 Å². The lowest BCUT2D eigenvalue weighted by atomic mass is 10.1. The fourth-order valence-corrected chi connectivity index (χ4v) is 6.84. The molecule has 0 N–H and O–H groups in total. The third kappa shape index (κ3) is 5.92. The van der Waals surface area contributed by atoms with Gasteiger partial charge in [0, 0.05) is 17.9 Å². The number of halogens is 1. The van der Waals surface area contributed by atoms with Crippen molar-refractivity contribution in [3.8, 4) is 16.5 Å². The molecule has 1 unspecified atom stereocenters. The average Bonchev–Trinajstić information content (AvgIpc) is 3.47. The summed E-state index contributed by atoms with van der Waals surface area (Å²) in [7, 11) is -4.25. The van der Waals surface area contributed by atoms with Gasteiger partial charge in [0.1, 0.15) is 28.9 Å². The molecule has 0 aliphatic carbocycles. The van der Waals surface area contributed by atoms with E-state index in [1.54, 1.807) is 29.1 Å². The van der Waals surface area contributed by atoms with Gasteiger partial charge >= 0.3 is 5.97 Å². The maximum Gasteiger partial charge on any atom is 0.351 e. The average molecular weight is 621 g/mol. The van der Waals surface area contributed by atoms with Crippen molar-refractivity contribution in [3.05, 3.63) is 64.3 Å². The van der Waals surface area contributed by atoms with Gasteiger partial charge in [-0.05, 0) is 49.3 Å². The Hall–Kier alpha value is -2.86. The quantitative estimate of drug-likeness (QED) is 0.149. The summed E-state index contributed by atoms with van der Waals surface area (Å²) in [5, 5.41) is 1.07. The first kappa shape index (κ1) is 30.1. The van der Waals surface area contributed by atoms with Crippen LogP contribution in [0.25, 0.3) is 16.0 Å². The van der Waals surface area contributed by atoms with Gasteiger partial charge in [0.2, 0.25) is 0 Å². The zero-order valence-corrected chi connectivity index (χ0v) is 27.1. The molecule has 2 aromatic heterocycles. The number of esters is 1. The molecular formula is C28H33ClN2O6S2Si. The summed E-state index contributed by atoms with van der Waals surface area (Å²) in [6.07, 6.45) is 2.20. The molecule has 40 heavy (non-hydrogen) atoms. The Morgan fingerprint density at radius 1 is 1.12 bits per heavy atom. The van der Waals surface area contributed by atoms with Crippen LogP contribution in [0.5, 0.6) is 11.5 Å². The standard InChI is InChI=1S/C28H33ClN2O6S2Si/c1-17(19-10-9-11-22(25(19)29)37-40(7,8)28(2,3)4)36-23-15-24(38-26(23)27(32)35-5)31-16-30-20-13-12-18(14-21(20)31)39(6,33)34/h9-17H,1-8H3. The Morgan fingerprint density at radius 2 is 1.82 bits per heavy atom. The molecule has 0 bridgehead atoms. The minimum atomic E-state index is -3.42. The van der Waals surface area contributed by atoms with Gasteiger partial charge in [0.15, 0.2) is 14.7 Å². The van der Waals surface area contributed by atoms with Crippen LogP contribution >= 0.6 is 22.9 Å². The second kappa shape index (κ2) is 10.8. The molecule has 0 aliphatic heterocycles. The molecule has 12 heteroatoms. The Labute approximate surface area is 244 Å². The van der Waals surface area contributed by atoms with Crippen LogP contribution < -0.4 is 9.16 Å². The van der Waals surface area contributed by atoms with E-state index < -0.39 is 30.2 Å². The fraction of sp³-hybridized carbons (Fsp3) is 0.357. The first-order valence-corrected chi connectivity index (χ1v) is 18.6. The summed E-state index contributed by atoms with van der Waals surface area (Å²) in [5.41, 5.74) is 1.91. The van der Waals surface area contributed by atoms with Crippen molar-refractivity contribution >= 4 is 58.1 Å². The lowest BCUT2D eigenvalue weighted by molar-refractivity contribution is 0.0600. The number of carbonyl (C=O) groups is 1. The van der Waals surface area contributed by atoms with E-state index in [-0.39, 0.29) is 14.8 Å². The monoisotopic (exact) mass is 620 g/mol. The molecule has 0 saturated carbocycles. The van der Waals surface area contributed by atoms with E-state index in [1.807, 2.05) is 25.1 Å². The predicted molar refractivity (Wildman–Crippen MR) is 162 cm³/mol. The van der Waals surface area contributed by atoms with Crippen LogP contribution in [0.1, 0.15) is 49.0 Å². The van der Waals surface area contributed by atoms with Crippen LogP contribution in [0.15, 0.2) is 53.7 Å². The molecule has 4 aromatic rings. The summed E-state index contributed by atoms with van der Waals surface area (Å²) < 4.78 is 43.8. The smallest absolute Gasteiger partial charge is 0.351 e. The molecule has 4 rings (SSSR count). The summed E-state index contributed by atoms with van der Waals surface area (Å²) in [4.78, 5) is 17.5. The van der Waals surface area contributed by atoms with Crippen molar-refractivity contribution in [1.29, 1.82) is 0 Å². The third-order valence-corrected chi connectivity index (χ3v) is 14.1. The Bertz CT molecular complexity index is 1690. The van der Waals surface area contributed by atoms with E-state index in [9.17, 15) is 13.2 Å². The molecular weight excluding hydrogens is 588 g/mol. The second-order valence-electron chi connectivity index (χ2n) is 11.1. The highest BCUT2D eigenvalue weighted by atomic mass is 35.5. The Kier molecular flexibility index (Phi) is 8.16. The van der Waals surface area contributed by atoms with Crippen molar-refractivity contribution < 1.29 is 27.1 Å². The van der Waals surface area contributed by atoms with E-state index in [2.05, 4.69) is 38.8 Å². The number of ether oxygens (including phenoxy) is 2. The number of hydrogen-bond acceptors (Lipinski definition) is 8. The SMILES string of the molecule is COC(=O)c1sc(-n2cnc3ccc(S(C)(=O)=O)cc32)cc1OC(C)c1cccc(O[Si](C)(C)C(C)(C)C)c1Cl. The lowest BCUT2D eigenvalue weighted by Crippen LogP contribution is -2.44. The largest absolute Gasteiger partial charge is 0.542 e. The Balaban J connectivity index is 1.72. The van der Waals surface area contributed by atoms with Crippen LogP contribution in [-0.2, 0) is 14.6 Å². The molecule has 8 nitrogen and oxygen atoms in total. The number of hydrogen-bond donors (Lipinski definition) is 0. The highest BCUT2D eigenvalue weighted by molar-refractivity contribution is 7.90. The highest BCUT2D eigenvalue weighted by Crippen LogP contribution is 2.42. The number of aromatic nitrogens is 2. The van der Waals surface area contributed by atoms with Gasteiger partial charge in [-0.25, -0.2) is 18.2 Å². The molecule has 0 fully saturated rings. The van der Waals surface area contributed by atoms with Crippen molar-refractivity contribution in [2.75, 3.05) is 13.4 Å². The summed E-state index contributed by atoms with van der Waals surface area (Å²) in [6, 6.07) is 12.0. The number of thiophene rings is 1. The topological polar surface area (TPSA) is 96.7 Å². The van der Waals surface area contributed by atoms with Gasteiger partial charge in [0.05, 0.1) is 28.1 Å². The summed E-state index contributed by atoms with van der Waals surface area (Å²) >= 11 is 7.98. The van der Waals surface area contributed by atoms with Crippen LogP contribution in [0.4, 0.5) is 0 Å². The molecule has 0 radical (unpaired) electrons. The van der Waals surface area contributed by atoms with Crippen molar-refractivity contribution in [2.45, 2.75) is 56.8 Å². The van der Waals surface area contributed by atoms with E-state index >= 15 is 0 Å². The third-order valence-electron chi connectivity index (χ3n) is 7.15. The van der Waals surface area contributed by atoms with Gasteiger partial charge < -0.3 is 13.9 Å². The maximum absolute atomic E-state index is 12.7. The van der Waals surface area contributed by atoms with E-state index in [1.165, 1.54) is 13.2 Å². The molecule has 2 aromatic carbocycles. The van der Waals surface area contributed by atoms with Crippen molar-refractivity contribution in [1.82, 2.24) is 9.55 Å². The van der Waals surface area contributed by atoms with Crippen LogP contribution in [-0.4, -0.2) is 45.6 Å².